The summed E-state index contributed by atoms with van der Waals surface area (Å²) in [5.74, 6) is -0.330. The number of ether oxygens (including phenoxy) is 3. The number of imidazole rings is 1. The highest BCUT2D eigenvalue weighted by atomic mass is 19.1. The Morgan fingerprint density at radius 1 is 1.44 bits per heavy atom. The van der Waals surface area contributed by atoms with Crippen LogP contribution in [0.5, 0.6) is 11.5 Å². The SMILES string of the molecule is COC1(c2ncc[nH]2)COc2ccc(F)cc2O1. The summed E-state index contributed by atoms with van der Waals surface area (Å²) in [7, 11) is 1.48. The lowest BCUT2D eigenvalue weighted by molar-refractivity contribution is -0.209. The van der Waals surface area contributed by atoms with Crippen LogP contribution in [0.25, 0.3) is 0 Å². The molecule has 2 aromatic rings. The Hall–Kier alpha value is -2.08. The van der Waals surface area contributed by atoms with Gasteiger partial charge in [0.15, 0.2) is 23.9 Å². The normalized spacial score (nSPS) is 21.9. The first-order chi connectivity index (χ1) is 8.73. The zero-order valence-electron chi connectivity index (χ0n) is 9.64. The molecule has 0 spiro atoms. The molecule has 0 bridgehead atoms. The average molecular weight is 250 g/mol. The van der Waals surface area contributed by atoms with Crippen LogP contribution >= 0.6 is 0 Å². The van der Waals surface area contributed by atoms with Crippen molar-refractivity contribution >= 4 is 0 Å². The van der Waals surface area contributed by atoms with Crippen LogP contribution in [0.2, 0.25) is 0 Å². The van der Waals surface area contributed by atoms with E-state index >= 15 is 0 Å². The summed E-state index contributed by atoms with van der Waals surface area (Å²) in [6.07, 6.45) is 3.24. The molecule has 0 fully saturated rings. The molecule has 18 heavy (non-hydrogen) atoms. The number of halogens is 1. The van der Waals surface area contributed by atoms with Crippen molar-refractivity contribution in [3.63, 3.8) is 0 Å². The minimum atomic E-state index is -1.18. The molecular weight excluding hydrogens is 239 g/mol. The molecule has 2 heterocycles. The van der Waals surface area contributed by atoms with Crippen molar-refractivity contribution in [2.24, 2.45) is 0 Å². The Balaban J connectivity index is 2.02. The molecule has 1 aromatic carbocycles. The lowest BCUT2D eigenvalue weighted by Crippen LogP contribution is -2.44. The number of aromatic nitrogens is 2. The standard InChI is InChI=1S/C12H11FN2O3/c1-16-12(11-14-4-5-15-11)7-17-9-3-2-8(13)6-10(9)18-12/h2-6H,7H2,1H3,(H,14,15). The fourth-order valence-corrected chi connectivity index (χ4v) is 1.85. The molecule has 0 saturated carbocycles. The van der Waals surface area contributed by atoms with Gasteiger partial charge in [0.25, 0.3) is 0 Å². The van der Waals surface area contributed by atoms with Gasteiger partial charge in [0, 0.05) is 25.6 Å². The van der Waals surface area contributed by atoms with Gasteiger partial charge in [-0.2, -0.15) is 0 Å². The summed E-state index contributed by atoms with van der Waals surface area (Å²) in [5.41, 5.74) is 0. The number of aromatic amines is 1. The quantitative estimate of drug-likeness (QED) is 0.883. The largest absolute Gasteiger partial charge is 0.482 e. The topological polar surface area (TPSA) is 56.4 Å². The van der Waals surface area contributed by atoms with Crippen LogP contribution in [0.3, 0.4) is 0 Å². The zero-order valence-corrected chi connectivity index (χ0v) is 9.64. The third kappa shape index (κ3) is 1.62. The summed E-state index contributed by atoms with van der Waals surface area (Å²) in [6, 6.07) is 4.09. The van der Waals surface area contributed by atoms with Crippen molar-refractivity contribution in [2.45, 2.75) is 5.79 Å². The zero-order chi connectivity index (χ0) is 12.6. The Labute approximate surface area is 103 Å². The van der Waals surface area contributed by atoms with Crippen LogP contribution in [-0.2, 0) is 10.5 Å². The lowest BCUT2D eigenvalue weighted by Gasteiger charge is -2.35. The smallest absolute Gasteiger partial charge is 0.304 e. The predicted molar refractivity (Wildman–Crippen MR) is 59.8 cm³/mol. The van der Waals surface area contributed by atoms with Crippen molar-refractivity contribution in [1.82, 2.24) is 9.97 Å². The van der Waals surface area contributed by atoms with Gasteiger partial charge in [0.1, 0.15) is 5.82 Å². The van der Waals surface area contributed by atoms with Gasteiger partial charge in [-0.05, 0) is 12.1 Å². The minimum absolute atomic E-state index is 0.135. The molecule has 3 rings (SSSR count). The van der Waals surface area contributed by atoms with Gasteiger partial charge in [0.2, 0.25) is 0 Å². The van der Waals surface area contributed by atoms with Gasteiger partial charge < -0.3 is 19.2 Å². The van der Waals surface area contributed by atoms with Gasteiger partial charge in [-0.1, -0.05) is 0 Å². The Kier molecular flexibility index (Phi) is 2.45. The summed E-state index contributed by atoms with van der Waals surface area (Å²) in [4.78, 5) is 7.01. The van der Waals surface area contributed by atoms with Gasteiger partial charge in [0.05, 0.1) is 0 Å². The number of hydrogen-bond donors (Lipinski definition) is 1. The number of nitrogens with zero attached hydrogens (tertiary/aromatic N) is 1. The van der Waals surface area contributed by atoms with E-state index in [9.17, 15) is 4.39 Å². The molecule has 94 valence electrons. The number of methoxy groups -OCH3 is 1. The highest BCUT2D eigenvalue weighted by molar-refractivity contribution is 5.42. The first-order valence-corrected chi connectivity index (χ1v) is 5.40. The molecule has 1 unspecified atom stereocenters. The van der Waals surface area contributed by atoms with Crippen LogP contribution in [0.15, 0.2) is 30.6 Å². The van der Waals surface area contributed by atoms with E-state index in [4.69, 9.17) is 14.2 Å². The van der Waals surface area contributed by atoms with E-state index in [0.717, 1.165) is 0 Å². The van der Waals surface area contributed by atoms with Crippen LogP contribution in [0, 0.1) is 5.82 Å². The molecule has 5 nitrogen and oxygen atoms in total. The third-order valence-electron chi connectivity index (χ3n) is 2.79. The highest BCUT2D eigenvalue weighted by Gasteiger charge is 2.42. The van der Waals surface area contributed by atoms with E-state index in [1.165, 1.54) is 25.3 Å². The van der Waals surface area contributed by atoms with Crippen molar-refractivity contribution in [3.8, 4) is 11.5 Å². The highest BCUT2D eigenvalue weighted by Crippen LogP contribution is 2.39. The summed E-state index contributed by atoms with van der Waals surface area (Å²) >= 11 is 0. The van der Waals surface area contributed by atoms with E-state index < -0.39 is 11.6 Å². The van der Waals surface area contributed by atoms with E-state index in [0.29, 0.717) is 17.3 Å². The summed E-state index contributed by atoms with van der Waals surface area (Å²) < 4.78 is 29.8. The summed E-state index contributed by atoms with van der Waals surface area (Å²) in [5, 5.41) is 0. The number of benzene rings is 1. The molecular formula is C12H11FN2O3. The van der Waals surface area contributed by atoms with E-state index in [1.54, 1.807) is 12.4 Å². The van der Waals surface area contributed by atoms with Crippen molar-refractivity contribution < 1.29 is 18.6 Å². The molecule has 6 heteroatoms. The molecule has 0 amide bonds. The maximum Gasteiger partial charge on any atom is 0.304 e. The van der Waals surface area contributed by atoms with Gasteiger partial charge in [-0.25, -0.2) is 9.37 Å². The van der Waals surface area contributed by atoms with Gasteiger partial charge >= 0.3 is 5.79 Å². The van der Waals surface area contributed by atoms with Crippen LogP contribution in [-0.4, -0.2) is 23.7 Å². The van der Waals surface area contributed by atoms with Gasteiger partial charge in [-0.3, -0.25) is 0 Å². The second-order valence-electron chi connectivity index (χ2n) is 3.88. The number of rotatable bonds is 2. The molecule has 1 aliphatic rings. The van der Waals surface area contributed by atoms with E-state index in [1.807, 2.05) is 0 Å². The second-order valence-corrected chi connectivity index (χ2v) is 3.88. The Bertz CT molecular complexity index is 558. The average Bonchev–Trinajstić information content (AvgIpc) is 2.92. The first-order valence-electron chi connectivity index (χ1n) is 5.40. The molecule has 0 radical (unpaired) electrons. The van der Waals surface area contributed by atoms with Crippen LogP contribution < -0.4 is 9.47 Å². The monoisotopic (exact) mass is 250 g/mol. The first kappa shape index (κ1) is 11.0. The number of H-pyrrole nitrogens is 1. The van der Waals surface area contributed by atoms with E-state index in [-0.39, 0.29) is 6.61 Å². The number of hydrogen-bond acceptors (Lipinski definition) is 4. The summed E-state index contributed by atoms with van der Waals surface area (Å²) in [6.45, 7) is 0.135. The maximum absolute atomic E-state index is 13.2. The Morgan fingerprint density at radius 2 is 2.33 bits per heavy atom. The maximum atomic E-state index is 13.2. The van der Waals surface area contributed by atoms with Crippen molar-refractivity contribution in [3.05, 3.63) is 42.2 Å². The van der Waals surface area contributed by atoms with Crippen LogP contribution in [0.1, 0.15) is 5.82 Å². The fourth-order valence-electron chi connectivity index (χ4n) is 1.85. The second kappa shape index (κ2) is 3.99. The lowest BCUT2D eigenvalue weighted by atomic mass is 10.2. The van der Waals surface area contributed by atoms with Crippen molar-refractivity contribution in [1.29, 1.82) is 0 Å². The molecule has 1 aliphatic heterocycles. The Morgan fingerprint density at radius 3 is 3.06 bits per heavy atom. The number of fused-ring (bicyclic) bond motifs is 1. The van der Waals surface area contributed by atoms with Crippen molar-refractivity contribution in [2.75, 3.05) is 13.7 Å². The van der Waals surface area contributed by atoms with Gasteiger partial charge in [-0.15, -0.1) is 0 Å². The fraction of sp³-hybridized carbons (Fsp3) is 0.250. The van der Waals surface area contributed by atoms with Crippen LogP contribution in [0.4, 0.5) is 4.39 Å². The number of nitrogens with one attached hydrogen (secondary N) is 1. The molecule has 1 N–H and O–H groups in total. The predicted octanol–water partition coefficient (Wildman–Crippen LogP) is 1.82. The molecule has 1 atom stereocenters. The minimum Gasteiger partial charge on any atom is -0.482 e. The molecule has 0 saturated heterocycles. The third-order valence-corrected chi connectivity index (χ3v) is 2.79. The van der Waals surface area contributed by atoms with E-state index in [2.05, 4.69) is 9.97 Å². The molecule has 0 aliphatic carbocycles. The molecule has 1 aromatic heterocycles.